The van der Waals surface area contributed by atoms with Crippen LogP contribution in [0.5, 0.6) is 0 Å². The molecule has 1 aliphatic heterocycles. The van der Waals surface area contributed by atoms with Gasteiger partial charge in [0.05, 0.1) is 12.3 Å². The van der Waals surface area contributed by atoms with Crippen molar-refractivity contribution in [2.75, 3.05) is 12.3 Å². The molecule has 1 unspecified atom stereocenters. The van der Waals surface area contributed by atoms with E-state index < -0.39 is 0 Å². The highest BCUT2D eigenvalue weighted by atomic mass is 16.5. The molecule has 1 atom stereocenters. The lowest BCUT2D eigenvalue weighted by atomic mass is 10.1. The molecule has 1 aromatic heterocycles. The van der Waals surface area contributed by atoms with E-state index in [-0.39, 0.29) is 0 Å². The summed E-state index contributed by atoms with van der Waals surface area (Å²) >= 11 is 0. The maximum atomic E-state index is 5.70. The number of rotatable bonds is 5. The van der Waals surface area contributed by atoms with E-state index in [1.54, 1.807) is 0 Å². The van der Waals surface area contributed by atoms with Crippen LogP contribution < -0.4 is 5.73 Å². The second-order valence-corrected chi connectivity index (χ2v) is 5.39. The molecule has 0 amide bonds. The fraction of sp³-hybridized carbons (Fsp3) is 0.438. The zero-order valence-corrected chi connectivity index (χ0v) is 11.7. The van der Waals surface area contributed by atoms with Crippen LogP contribution in [0.4, 0.5) is 5.69 Å². The van der Waals surface area contributed by atoms with E-state index in [4.69, 9.17) is 10.5 Å². The van der Waals surface area contributed by atoms with Crippen LogP contribution in [0.3, 0.4) is 0 Å². The quantitative estimate of drug-likeness (QED) is 0.850. The van der Waals surface area contributed by atoms with Crippen molar-refractivity contribution in [2.45, 2.75) is 38.3 Å². The molecule has 4 heteroatoms. The maximum Gasteiger partial charge on any atom is 0.0576 e. The second-order valence-electron chi connectivity index (χ2n) is 5.39. The van der Waals surface area contributed by atoms with Gasteiger partial charge in [-0.05, 0) is 43.4 Å². The first kappa shape index (κ1) is 13.2. The Morgan fingerprint density at radius 3 is 2.85 bits per heavy atom. The van der Waals surface area contributed by atoms with Gasteiger partial charge in [0.15, 0.2) is 0 Å². The average Bonchev–Trinajstić information content (AvgIpc) is 3.11. The molecule has 4 nitrogen and oxygen atoms in total. The van der Waals surface area contributed by atoms with Gasteiger partial charge in [0, 0.05) is 30.6 Å². The molecule has 1 aromatic carbocycles. The molecular formula is C16H21N3O. The Morgan fingerprint density at radius 2 is 2.10 bits per heavy atom. The molecule has 20 heavy (non-hydrogen) atoms. The van der Waals surface area contributed by atoms with Crippen LogP contribution in [0.15, 0.2) is 36.7 Å². The number of nitrogens with two attached hydrogens (primary N) is 1. The summed E-state index contributed by atoms with van der Waals surface area (Å²) in [5, 5.41) is 4.42. The van der Waals surface area contributed by atoms with E-state index in [9.17, 15) is 0 Å². The van der Waals surface area contributed by atoms with E-state index >= 15 is 0 Å². The van der Waals surface area contributed by atoms with Crippen LogP contribution in [-0.2, 0) is 11.3 Å². The minimum Gasteiger partial charge on any atom is -0.399 e. The third-order valence-electron chi connectivity index (χ3n) is 3.81. The van der Waals surface area contributed by atoms with Crippen molar-refractivity contribution in [1.29, 1.82) is 0 Å². The average molecular weight is 271 g/mol. The van der Waals surface area contributed by atoms with Crippen molar-refractivity contribution in [3.63, 3.8) is 0 Å². The van der Waals surface area contributed by atoms with E-state index in [0.29, 0.717) is 6.10 Å². The van der Waals surface area contributed by atoms with Gasteiger partial charge in [-0.3, -0.25) is 4.68 Å². The van der Waals surface area contributed by atoms with Gasteiger partial charge in [0.25, 0.3) is 0 Å². The first-order valence-electron chi connectivity index (χ1n) is 7.31. The van der Waals surface area contributed by atoms with Crippen LogP contribution in [0.1, 0.15) is 25.7 Å². The normalized spacial score (nSPS) is 18.5. The third-order valence-corrected chi connectivity index (χ3v) is 3.81. The molecule has 2 heterocycles. The summed E-state index contributed by atoms with van der Waals surface area (Å²) in [4.78, 5) is 0. The number of nitrogen functional groups attached to an aromatic ring is 1. The fourth-order valence-corrected chi connectivity index (χ4v) is 2.66. The fourth-order valence-electron chi connectivity index (χ4n) is 2.66. The molecule has 0 aliphatic carbocycles. The Balaban J connectivity index is 1.55. The van der Waals surface area contributed by atoms with Crippen LogP contribution in [-0.4, -0.2) is 22.5 Å². The summed E-state index contributed by atoms with van der Waals surface area (Å²) in [7, 11) is 0. The predicted molar refractivity (Wildman–Crippen MR) is 80.3 cm³/mol. The highest BCUT2D eigenvalue weighted by Crippen LogP contribution is 2.20. The van der Waals surface area contributed by atoms with Gasteiger partial charge in [-0.25, -0.2) is 0 Å². The monoisotopic (exact) mass is 271 g/mol. The van der Waals surface area contributed by atoms with Crippen molar-refractivity contribution >= 4 is 5.69 Å². The van der Waals surface area contributed by atoms with Gasteiger partial charge in [-0.1, -0.05) is 12.1 Å². The molecule has 106 valence electrons. The third kappa shape index (κ3) is 3.20. The smallest absolute Gasteiger partial charge is 0.0576 e. The number of hydrogen-bond donors (Lipinski definition) is 1. The highest BCUT2D eigenvalue weighted by Gasteiger charge is 2.14. The topological polar surface area (TPSA) is 53.1 Å². The largest absolute Gasteiger partial charge is 0.399 e. The molecule has 1 aliphatic rings. The molecule has 1 saturated heterocycles. The number of benzene rings is 1. The summed E-state index contributed by atoms with van der Waals surface area (Å²) < 4.78 is 7.65. The van der Waals surface area contributed by atoms with Crippen LogP contribution in [0.25, 0.3) is 11.1 Å². The van der Waals surface area contributed by atoms with Crippen LogP contribution in [0.2, 0.25) is 0 Å². The van der Waals surface area contributed by atoms with E-state index in [2.05, 4.69) is 11.3 Å². The molecule has 2 N–H and O–H groups in total. The number of anilines is 1. The molecule has 0 spiro atoms. The summed E-state index contributed by atoms with van der Waals surface area (Å²) in [6.07, 6.45) is 9.18. The van der Waals surface area contributed by atoms with Gasteiger partial charge in [-0.2, -0.15) is 5.10 Å². The molecule has 0 bridgehead atoms. The van der Waals surface area contributed by atoms with E-state index in [0.717, 1.165) is 42.8 Å². The standard InChI is InChI=1S/C16H21N3O/c17-15-7-5-13(6-8-15)14-11-18-19(12-14)9-1-3-16-4-2-10-20-16/h5-8,11-12,16H,1-4,9-10,17H2. The second kappa shape index (κ2) is 6.09. The molecule has 3 rings (SSSR count). The zero-order chi connectivity index (χ0) is 13.8. The van der Waals surface area contributed by atoms with Crippen molar-refractivity contribution in [2.24, 2.45) is 0 Å². The molecule has 2 aromatic rings. The van der Waals surface area contributed by atoms with Gasteiger partial charge in [0.2, 0.25) is 0 Å². The number of ether oxygens (including phenoxy) is 1. The van der Waals surface area contributed by atoms with Gasteiger partial charge in [0.1, 0.15) is 0 Å². The molecular weight excluding hydrogens is 250 g/mol. The lowest BCUT2D eigenvalue weighted by Gasteiger charge is -2.08. The van der Waals surface area contributed by atoms with Gasteiger partial charge in [-0.15, -0.1) is 0 Å². The Bertz CT molecular complexity index is 541. The lowest BCUT2D eigenvalue weighted by molar-refractivity contribution is 0.101. The number of aromatic nitrogens is 2. The van der Waals surface area contributed by atoms with Crippen molar-refractivity contribution in [3.8, 4) is 11.1 Å². The predicted octanol–water partition coefficient (Wildman–Crippen LogP) is 3.09. The number of hydrogen-bond acceptors (Lipinski definition) is 3. The number of nitrogens with zero attached hydrogens (tertiary/aromatic N) is 2. The SMILES string of the molecule is Nc1ccc(-c2cnn(CCCC3CCCO3)c2)cc1. The number of aryl methyl sites for hydroxylation is 1. The Hall–Kier alpha value is -1.81. The van der Waals surface area contributed by atoms with Crippen molar-refractivity contribution in [3.05, 3.63) is 36.7 Å². The van der Waals surface area contributed by atoms with Crippen LogP contribution >= 0.6 is 0 Å². The first-order valence-corrected chi connectivity index (χ1v) is 7.31. The maximum absolute atomic E-state index is 5.70. The van der Waals surface area contributed by atoms with Crippen molar-refractivity contribution < 1.29 is 4.74 Å². The van der Waals surface area contributed by atoms with Gasteiger partial charge < -0.3 is 10.5 Å². The lowest BCUT2D eigenvalue weighted by Crippen LogP contribution is -2.07. The summed E-state index contributed by atoms with van der Waals surface area (Å²) in [5.74, 6) is 0. The minimum absolute atomic E-state index is 0.474. The first-order chi connectivity index (χ1) is 9.81. The highest BCUT2D eigenvalue weighted by molar-refractivity contribution is 5.63. The Morgan fingerprint density at radius 1 is 1.25 bits per heavy atom. The van der Waals surface area contributed by atoms with Crippen molar-refractivity contribution in [1.82, 2.24) is 9.78 Å². The summed E-state index contributed by atoms with van der Waals surface area (Å²) in [6, 6.07) is 7.90. The van der Waals surface area contributed by atoms with Gasteiger partial charge >= 0.3 is 0 Å². The van der Waals surface area contributed by atoms with E-state index in [1.807, 2.05) is 35.1 Å². The van der Waals surface area contributed by atoms with Crippen LogP contribution in [0, 0.1) is 0 Å². The summed E-state index contributed by atoms with van der Waals surface area (Å²) in [6.45, 7) is 1.89. The summed E-state index contributed by atoms with van der Waals surface area (Å²) in [5.41, 5.74) is 8.79. The minimum atomic E-state index is 0.474. The molecule has 0 radical (unpaired) electrons. The Labute approximate surface area is 119 Å². The molecule has 0 saturated carbocycles. The Kier molecular flexibility index (Phi) is 4.02. The molecule has 1 fully saturated rings. The zero-order valence-electron chi connectivity index (χ0n) is 11.7. The van der Waals surface area contributed by atoms with E-state index in [1.165, 1.54) is 12.8 Å².